The number of nitrogens with zero attached hydrogens (tertiary/aromatic N) is 1. The van der Waals surface area contributed by atoms with Crippen LogP contribution in [-0.4, -0.2) is 40.9 Å². The van der Waals surface area contributed by atoms with E-state index >= 15 is 0 Å². The van der Waals surface area contributed by atoms with Crippen molar-refractivity contribution >= 4 is 11.7 Å². The fourth-order valence-electron chi connectivity index (χ4n) is 3.49. The Morgan fingerprint density at radius 1 is 1.42 bits per heavy atom. The Morgan fingerprint density at radius 3 is 2.63 bits per heavy atom. The van der Waals surface area contributed by atoms with Crippen molar-refractivity contribution < 1.29 is 14.7 Å². The molecule has 2 atom stereocenters. The second kappa shape index (κ2) is 5.61. The predicted molar refractivity (Wildman–Crippen MR) is 72.6 cm³/mol. The molecule has 2 fully saturated rings. The summed E-state index contributed by atoms with van der Waals surface area (Å²) in [6.45, 7) is 2.34. The second-order valence-corrected chi connectivity index (χ2v) is 6.46. The fourth-order valence-corrected chi connectivity index (χ4v) is 3.49. The van der Waals surface area contributed by atoms with Gasteiger partial charge < -0.3 is 10.0 Å². The molecule has 0 aliphatic heterocycles. The van der Waals surface area contributed by atoms with Gasteiger partial charge in [-0.3, -0.25) is 9.59 Å². The highest BCUT2D eigenvalue weighted by Gasteiger charge is 2.36. The van der Waals surface area contributed by atoms with Gasteiger partial charge in [-0.1, -0.05) is 19.8 Å². The molecule has 1 amide bonds. The highest BCUT2D eigenvalue weighted by Crippen LogP contribution is 2.32. The zero-order chi connectivity index (χ0) is 14.0. The lowest BCUT2D eigenvalue weighted by Gasteiger charge is -2.33. The molecule has 0 saturated heterocycles. The van der Waals surface area contributed by atoms with E-state index in [1.54, 1.807) is 11.9 Å². The Morgan fingerprint density at radius 2 is 2.05 bits per heavy atom. The number of rotatable bonds is 3. The summed E-state index contributed by atoms with van der Waals surface area (Å²) in [5.41, 5.74) is -0.680. The van der Waals surface area contributed by atoms with Gasteiger partial charge in [0.1, 0.15) is 5.78 Å². The first-order chi connectivity index (χ1) is 8.91. The minimum atomic E-state index is -0.680. The van der Waals surface area contributed by atoms with Crippen LogP contribution in [-0.2, 0) is 9.59 Å². The van der Waals surface area contributed by atoms with E-state index in [1.807, 2.05) is 6.92 Å². The van der Waals surface area contributed by atoms with Gasteiger partial charge in [0.2, 0.25) is 5.91 Å². The first-order valence-electron chi connectivity index (χ1n) is 7.41. The van der Waals surface area contributed by atoms with Gasteiger partial charge in [0, 0.05) is 31.8 Å². The van der Waals surface area contributed by atoms with Gasteiger partial charge in [-0.05, 0) is 25.7 Å². The van der Waals surface area contributed by atoms with Gasteiger partial charge in [-0.15, -0.1) is 0 Å². The molecule has 0 bridgehead atoms. The largest absolute Gasteiger partial charge is 0.388 e. The fraction of sp³-hybridized carbons (Fsp3) is 0.867. The lowest BCUT2D eigenvalue weighted by Crippen LogP contribution is -2.45. The third-order valence-corrected chi connectivity index (χ3v) is 4.72. The van der Waals surface area contributed by atoms with Crippen molar-refractivity contribution in [2.45, 2.75) is 57.5 Å². The van der Waals surface area contributed by atoms with Gasteiger partial charge >= 0.3 is 0 Å². The maximum Gasteiger partial charge on any atom is 0.225 e. The SMILES string of the molecule is C[C@@H]1C[C@@H](C(=O)N(C)CC2(O)CCCC2)CCC1=O. The summed E-state index contributed by atoms with van der Waals surface area (Å²) in [5, 5.41) is 10.4. The Balaban J connectivity index is 1.90. The van der Waals surface area contributed by atoms with Crippen LogP contribution in [0.25, 0.3) is 0 Å². The molecule has 4 heteroatoms. The number of aliphatic hydroxyl groups is 1. The molecule has 2 saturated carbocycles. The van der Waals surface area contributed by atoms with Crippen LogP contribution in [0.3, 0.4) is 0 Å². The van der Waals surface area contributed by atoms with E-state index in [4.69, 9.17) is 0 Å². The lowest BCUT2D eigenvalue weighted by atomic mass is 9.80. The van der Waals surface area contributed by atoms with Crippen LogP contribution >= 0.6 is 0 Å². The van der Waals surface area contributed by atoms with Crippen LogP contribution in [0, 0.1) is 11.8 Å². The van der Waals surface area contributed by atoms with Crippen molar-refractivity contribution in [1.29, 1.82) is 0 Å². The monoisotopic (exact) mass is 267 g/mol. The molecule has 0 radical (unpaired) electrons. The Labute approximate surface area is 115 Å². The molecule has 0 aromatic carbocycles. The van der Waals surface area contributed by atoms with Gasteiger partial charge in [-0.2, -0.15) is 0 Å². The number of Topliss-reactive ketones (excluding diaryl/α,β-unsaturated/α-hetero) is 1. The van der Waals surface area contributed by atoms with E-state index in [1.165, 1.54) is 0 Å². The molecule has 19 heavy (non-hydrogen) atoms. The standard InChI is InChI=1S/C15H25NO3/c1-11-9-12(5-6-13(11)17)14(18)16(2)10-15(19)7-3-4-8-15/h11-12,19H,3-10H2,1-2H3/t11-,12+/m1/s1. The first-order valence-corrected chi connectivity index (χ1v) is 7.41. The molecule has 0 heterocycles. The second-order valence-electron chi connectivity index (χ2n) is 6.46. The van der Waals surface area contributed by atoms with Crippen molar-refractivity contribution in [2.75, 3.05) is 13.6 Å². The zero-order valence-corrected chi connectivity index (χ0v) is 12.0. The van der Waals surface area contributed by atoms with E-state index in [2.05, 4.69) is 0 Å². The first kappa shape index (κ1) is 14.5. The van der Waals surface area contributed by atoms with Crippen molar-refractivity contribution in [1.82, 2.24) is 4.90 Å². The number of hydrogen-bond acceptors (Lipinski definition) is 3. The number of likely N-dealkylation sites (N-methyl/N-ethyl adjacent to an activating group) is 1. The van der Waals surface area contributed by atoms with Crippen LogP contribution < -0.4 is 0 Å². The minimum Gasteiger partial charge on any atom is -0.388 e. The summed E-state index contributed by atoms with van der Waals surface area (Å²) >= 11 is 0. The molecule has 2 rings (SSSR count). The minimum absolute atomic E-state index is 0.00525. The summed E-state index contributed by atoms with van der Waals surface area (Å²) in [5.74, 6) is 0.342. The molecule has 4 nitrogen and oxygen atoms in total. The third-order valence-electron chi connectivity index (χ3n) is 4.72. The van der Waals surface area contributed by atoms with Crippen molar-refractivity contribution in [2.24, 2.45) is 11.8 Å². The van der Waals surface area contributed by atoms with Crippen LogP contribution in [0.1, 0.15) is 51.9 Å². The maximum atomic E-state index is 12.4. The van der Waals surface area contributed by atoms with Gasteiger partial charge in [0.15, 0.2) is 0 Å². The van der Waals surface area contributed by atoms with Crippen LogP contribution in [0.5, 0.6) is 0 Å². The zero-order valence-electron chi connectivity index (χ0n) is 12.0. The van der Waals surface area contributed by atoms with Crippen molar-refractivity contribution in [3.63, 3.8) is 0 Å². The molecule has 0 unspecified atom stereocenters. The molecule has 0 aromatic rings. The quantitative estimate of drug-likeness (QED) is 0.847. The van der Waals surface area contributed by atoms with Crippen molar-refractivity contribution in [3.8, 4) is 0 Å². The number of carbonyl (C=O) groups excluding carboxylic acids is 2. The summed E-state index contributed by atoms with van der Waals surface area (Å²) in [6, 6.07) is 0. The Kier molecular flexibility index (Phi) is 4.29. The lowest BCUT2D eigenvalue weighted by molar-refractivity contribution is -0.140. The Hall–Kier alpha value is -0.900. The average molecular weight is 267 g/mol. The van der Waals surface area contributed by atoms with Gasteiger partial charge in [0.05, 0.1) is 5.60 Å². The summed E-state index contributed by atoms with van der Waals surface area (Å²) in [7, 11) is 1.78. The highest BCUT2D eigenvalue weighted by atomic mass is 16.3. The molecule has 108 valence electrons. The molecule has 2 aliphatic carbocycles. The highest BCUT2D eigenvalue weighted by molar-refractivity contribution is 5.85. The van der Waals surface area contributed by atoms with Crippen LogP contribution in [0.4, 0.5) is 0 Å². The number of ketones is 1. The molecule has 0 spiro atoms. The molecule has 0 aromatic heterocycles. The topological polar surface area (TPSA) is 57.6 Å². The molecular formula is C15H25NO3. The predicted octanol–water partition coefficient (Wildman–Crippen LogP) is 1.76. The normalized spacial score (nSPS) is 30.4. The van der Waals surface area contributed by atoms with Crippen LogP contribution in [0.2, 0.25) is 0 Å². The van der Waals surface area contributed by atoms with Gasteiger partial charge in [-0.25, -0.2) is 0 Å². The van der Waals surface area contributed by atoms with Crippen LogP contribution in [0.15, 0.2) is 0 Å². The van der Waals surface area contributed by atoms with E-state index in [0.29, 0.717) is 25.8 Å². The van der Waals surface area contributed by atoms with Gasteiger partial charge in [0.25, 0.3) is 0 Å². The summed E-state index contributed by atoms with van der Waals surface area (Å²) in [4.78, 5) is 25.6. The number of carbonyl (C=O) groups is 2. The van der Waals surface area contributed by atoms with E-state index in [9.17, 15) is 14.7 Å². The van der Waals surface area contributed by atoms with Crippen molar-refractivity contribution in [3.05, 3.63) is 0 Å². The average Bonchev–Trinajstić information content (AvgIpc) is 2.78. The van der Waals surface area contributed by atoms with E-state index < -0.39 is 5.60 Å². The smallest absolute Gasteiger partial charge is 0.225 e. The molecular weight excluding hydrogens is 242 g/mol. The number of amides is 1. The number of hydrogen-bond donors (Lipinski definition) is 1. The summed E-state index contributed by atoms with van der Waals surface area (Å²) < 4.78 is 0. The molecule has 2 aliphatic rings. The maximum absolute atomic E-state index is 12.4. The summed E-state index contributed by atoms with van der Waals surface area (Å²) in [6.07, 6.45) is 5.55. The van der Waals surface area contributed by atoms with E-state index in [-0.39, 0.29) is 23.5 Å². The van der Waals surface area contributed by atoms with E-state index in [0.717, 1.165) is 25.7 Å². The molecule has 1 N–H and O–H groups in total. The third kappa shape index (κ3) is 3.35. The Bertz CT molecular complexity index is 360.